The molecule has 2 N–H and O–H groups in total. The van der Waals surface area contributed by atoms with Crippen LogP contribution < -0.4 is 15.5 Å². The van der Waals surface area contributed by atoms with Crippen molar-refractivity contribution in [2.45, 2.75) is 31.9 Å². The number of carbonyl (C=O) groups is 2. The van der Waals surface area contributed by atoms with Crippen molar-refractivity contribution >= 4 is 35.0 Å². The Morgan fingerprint density at radius 3 is 2.46 bits per heavy atom. The van der Waals surface area contributed by atoms with E-state index in [-0.39, 0.29) is 18.6 Å². The molecule has 1 fully saturated rings. The standard InChI is InChI=1S/C21H23N3O3S/c25-19-18(23-20(28)24(19)17-11-5-2-6-12-17)13-7-8-14-22-21(26)27-15-16-9-3-1-4-10-16/h1-6,9-12,18H,7-8,13-15H2,(H,22,26)(H,23,28). The SMILES string of the molecule is O=C(NCCCCC1NC(=S)N(c2ccccc2)C1=O)OCc1ccccc1. The van der Waals surface area contributed by atoms with Gasteiger partial charge in [0.2, 0.25) is 0 Å². The molecule has 146 valence electrons. The fraction of sp³-hybridized carbons (Fsp3) is 0.286. The third-order valence-electron chi connectivity index (χ3n) is 4.44. The predicted octanol–water partition coefficient (Wildman–Crippen LogP) is 3.37. The Morgan fingerprint density at radius 2 is 1.75 bits per heavy atom. The molecule has 2 amide bonds. The molecule has 1 aliphatic heterocycles. The van der Waals surface area contributed by atoms with E-state index >= 15 is 0 Å². The maximum absolute atomic E-state index is 12.6. The highest BCUT2D eigenvalue weighted by Gasteiger charge is 2.35. The molecule has 0 aliphatic carbocycles. The van der Waals surface area contributed by atoms with Crippen LogP contribution in [0.3, 0.4) is 0 Å². The van der Waals surface area contributed by atoms with Gasteiger partial charge in [-0.2, -0.15) is 0 Å². The lowest BCUT2D eigenvalue weighted by Gasteiger charge is -2.14. The number of hydrogen-bond acceptors (Lipinski definition) is 4. The monoisotopic (exact) mass is 397 g/mol. The molecule has 1 aliphatic rings. The summed E-state index contributed by atoms with van der Waals surface area (Å²) >= 11 is 5.30. The van der Waals surface area contributed by atoms with E-state index in [2.05, 4.69) is 10.6 Å². The van der Waals surface area contributed by atoms with Gasteiger partial charge in [-0.05, 0) is 49.2 Å². The second kappa shape index (κ2) is 9.85. The van der Waals surface area contributed by atoms with Gasteiger partial charge in [0.05, 0.1) is 5.69 Å². The molecule has 1 saturated heterocycles. The molecule has 1 heterocycles. The van der Waals surface area contributed by atoms with Gasteiger partial charge in [-0.25, -0.2) is 4.79 Å². The van der Waals surface area contributed by atoms with E-state index in [9.17, 15) is 9.59 Å². The highest BCUT2D eigenvalue weighted by molar-refractivity contribution is 7.80. The van der Waals surface area contributed by atoms with Gasteiger partial charge in [0.15, 0.2) is 5.11 Å². The summed E-state index contributed by atoms with van der Waals surface area (Å²) in [4.78, 5) is 25.8. The molecule has 0 aromatic heterocycles. The fourth-order valence-corrected chi connectivity index (χ4v) is 3.32. The van der Waals surface area contributed by atoms with Crippen LogP contribution in [0, 0.1) is 0 Å². The molecule has 3 rings (SSSR count). The Kier molecular flexibility index (Phi) is 6.97. The van der Waals surface area contributed by atoms with Gasteiger partial charge >= 0.3 is 6.09 Å². The zero-order valence-electron chi connectivity index (χ0n) is 15.5. The summed E-state index contributed by atoms with van der Waals surface area (Å²) in [5, 5.41) is 6.25. The van der Waals surface area contributed by atoms with Crippen LogP contribution >= 0.6 is 12.2 Å². The highest BCUT2D eigenvalue weighted by Crippen LogP contribution is 2.21. The molecule has 1 atom stereocenters. The number of benzene rings is 2. The molecule has 2 aromatic carbocycles. The minimum atomic E-state index is -0.435. The molecule has 0 radical (unpaired) electrons. The Morgan fingerprint density at radius 1 is 1.07 bits per heavy atom. The number of amides is 2. The van der Waals surface area contributed by atoms with Crippen molar-refractivity contribution in [1.29, 1.82) is 0 Å². The minimum absolute atomic E-state index is 0.0357. The zero-order valence-corrected chi connectivity index (χ0v) is 16.3. The van der Waals surface area contributed by atoms with E-state index in [1.54, 1.807) is 4.90 Å². The maximum Gasteiger partial charge on any atom is 0.407 e. The Bertz CT molecular complexity index is 814. The molecule has 1 unspecified atom stereocenters. The molecule has 28 heavy (non-hydrogen) atoms. The highest BCUT2D eigenvalue weighted by atomic mass is 32.1. The number of alkyl carbamates (subject to hydrolysis) is 1. The average molecular weight is 398 g/mol. The number of nitrogens with one attached hydrogen (secondary N) is 2. The normalized spacial score (nSPS) is 16.0. The second-order valence-electron chi connectivity index (χ2n) is 6.50. The number of hydrogen-bond donors (Lipinski definition) is 2. The predicted molar refractivity (Wildman–Crippen MR) is 112 cm³/mol. The third-order valence-corrected chi connectivity index (χ3v) is 4.74. The van der Waals surface area contributed by atoms with Gasteiger partial charge in [0, 0.05) is 6.54 Å². The van der Waals surface area contributed by atoms with Crippen molar-refractivity contribution in [1.82, 2.24) is 10.6 Å². The lowest BCUT2D eigenvalue weighted by molar-refractivity contribution is -0.118. The van der Waals surface area contributed by atoms with E-state index in [1.807, 2.05) is 60.7 Å². The van der Waals surface area contributed by atoms with Gasteiger partial charge in [0.1, 0.15) is 12.6 Å². The number of para-hydroxylation sites is 1. The molecular formula is C21H23N3O3S. The number of thiocarbonyl (C=S) groups is 1. The van der Waals surface area contributed by atoms with Crippen LogP contribution in [-0.4, -0.2) is 29.7 Å². The van der Waals surface area contributed by atoms with E-state index in [0.29, 0.717) is 18.1 Å². The van der Waals surface area contributed by atoms with Crippen LogP contribution in [0.25, 0.3) is 0 Å². The quantitative estimate of drug-likeness (QED) is 0.528. The van der Waals surface area contributed by atoms with Gasteiger partial charge in [-0.15, -0.1) is 0 Å². The lowest BCUT2D eigenvalue weighted by atomic mass is 10.1. The van der Waals surface area contributed by atoms with Crippen LogP contribution in [0.2, 0.25) is 0 Å². The topological polar surface area (TPSA) is 70.7 Å². The smallest absolute Gasteiger partial charge is 0.407 e. The summed E-state index contributed by atoms with van der Waals surface area (Å²) in [6.07, 6.45) is 1.76. The van der Waals surface area contributed by atoms with E-state index < -0.39 is 6.09 Å². The summed E-state index contributed by atoms with van der Waals surface area (Å²) in [5.41, 5.74) is 1.72. The summed E-state index contributed by atoms with van der Waals surface area (Å²) in [5.74, 6) is -0.0357. The van der Waals surface area contributed by atoms with Gasteiger partial charge in [0.25, 0.3) is 5.91 Å². The first kappa shape index (κ1) is 19.8. The fourth-order valence-electron chi connectivity index (χ4n) is 2.99. The largest absolute Gasteiger partial charge is 0.445 e. The summed E-state index contributed by atoms with van der Waals surface area (Å²) in [6, 6.07) is 18.6. The number of anilines is 1. The van der Waals surface area contributed by atoms with E-state index in [4.69, 9.17) is 17.0 Å². The van der Waals surface area contributed by atoms with Crippen molar-refractivity contribution in [3.63, 3.8) is 0 Å². The third kappa shape index (κ3) is 5.29. The first-order chi connectivity index (χ1) is 13.6. The lowest BCUT2D eigenvalue weighted by Crippen LogP contribution is -2.31. The summed E-state index contributed by atoms with van der Waals surface area (Å²) in [6.45, 7) is 0.751. The second-order valence-corrected chi connectivity index (χ2v) is 6.88. The Balaban J connectivity index is 1.34. The first-order valence-corrected chi connectivity index (χ1v) is 9.70. The van der Waals surface area contributed by atoms with Crippen molar-refractivity contribution in [2.24, 2.45) is 0 Å². The van der Waals surface area contributed by atoms with Crippen LogP contribution in [0.15, 0.2) is 60.7 Å². The minimum Gasteiger partial charge on any atom is -0.445 e. The van der Waals surface area contributed by atoms with E-state index in [1.165, 1.54) is 0 Å². The summed E-state index contributed by atoms with van der Waals surface area (Å²) < 4.78 is 5.16. The van der Waals surface area contributed by atoms with Crippen molar-refractivity contribution in [2.75, 3.05) is 11.4 Å². The number of ether oxygens (including phenoxy) is 1. The number of rotatable bonds is 8. The number of nitrogens with zero attached hydrogens (tertiary/aromatic N) is 1. The molecule has 0 saturated carbocycles. The summed E-state index contributed by atoms with van der Waals surface area (Å²) in [7, 11) is 0. The van der Waals surface area contributed by atoms with E-state index in [0.717, 1.165) is 24.1 Å². The Hall–Kier alpha value is -2.93. The Labute approximate surface area is 169 Å². The van der Waals surface area contributed by atoms with Gasteiger partial charge in [-0.1, -0.05) is 48.5 Å². The zero-order chi connectivity index (χ0) is 19.8. The molecular weight excluding hydrogens is 374 g/mol. The number of carbonyl (C=O) groups excluding carboxylic acids is 2. The van der Waals surface area contributed by atoms with Gasteiger partial charge in [-0.3, -0.25) is 9.69 Å². The molecule has 6 nitrogen and oxygen atoms in total. The van der Waals surface area contributed by atoms with Crippen LogP contribution in [0.1, 0.15) is 24.8 Å². The van der Waals surface area contributed by atoms with Crippen molar-refractivity contribution in [3.8, 4) is 0 Å². The van der Waals surface area contributed by atoms with Gasteiger partial charge < -0.3 is 15.4 Å². The maximum atomic E-state index is 12.6. The molecule has 0 bridgehead atoms. The van der Waals surface area contributed by atoms with Crippen LogP contribution in [0.5, 0.6) is 0 Å². The van der Waals surface area contributed by atoms with Crippen molar-refractivity contribution in [3.05, 3.63) is 66.2 Å². The number of unbranched alkanes of at least 4 members (excludes halogenated alkanes) is 1. The molecule has 7 heteroatoms. The van der Waals surface area contributed by atoms with Crippen molar-refractivity contribution < 1.29 is 14.3 Å². The average Bonchev–Trinajstić information content (AvgIpc) is 3.01. The first-order valence-electron chi connectivity index (χ1n) is 9.29. The van der Waals surface area contributed by atoms with Crippen LogP contribution in [0.4, 0.5) is 10.5 Å². The molecule has 2 aromatic rings. The van der Waals surface area contributed by atoms with Crippen LogP contribution in [-0.2, 0) is 16.1 Å². The molecule has 0 spiro atoms.